The van der Waals surface area contributed by atoms with E-state index in [1.807, 2.05) is 0 Å². The Morgan fingerprint density at radius 3 is 2.35 bits per heavy atom. The molecule has 4 N–H and O–H groups in total. The minimum Gasteiger partial charge on any atom is -0.481 e. The second-order valence-corrected chi connectivity index (χ2v) is 15.7. The van der Waals surface area contributed by atoms with Crippen LogP contribution in [-0.4, -0.2) is 96.7 Å². The van der Waals surface area contributed by atoms with Gasteiger partial charge in [0, 0.05) is 32.2 Å². The van der Waals surface area contributed by atoms with Crippen LogP contribution >= 0.6 is 0 Å². The monoisotopic (exact) mass is 679 g/mol. The van der Waals surface area contributed by atoms with Gasteiger partial charge in [0.2, 0.25) is 5.91 Å². The van der Waals surface area contributed by atoms with Crippen LogP contribution in [0.2, 0.25) is 0 Å². The minimum absolute atomic E-state index is 0.0218. The first-order valence-electron chi connectivity index (χ1n) is 18.5. The molecule has 0 spiro atoms. The van der Waals surface area contributed by atoms with Crippen LogP contribution in [0.5, 0.6) is 0 Å². The summed E-state index contributed by atoms with van der Waals surface area (Å²) >= 11 is 0. The van der Waals surface area contributed by atoms with Crippen LogP contribution in [0.4, 0.5) is 0 Å². The Bertz CT molecular complexity index is 1120. The topological polar surface area (TPSA) is 169 Å². The van der Waals surface area contributed by atoms with Gasteiger partial charge in [0.25, 0.3) is 0 Å². The van der Waals surface area contributed by atoms with Crippen LogP contribution in [0.1, 0.15) is 105 Å². The summed E-state index contributed by atoms with van der Waals surface area (Å²) in [5.41, 5.74) is -0.340. The molecular formula is C37H61NO10. The van der Waals surface area contributed by atoms with Crippen molar-refractivity contribution in [2.24, 2.45) is 46.3 Å². The fraction of sp³-hybridized carbons (Fsp3) is 0.892. The summed E-state index contributed by atoms with van der Waals surface area (Å²) in [5, 5.41) is 35.4. The number of carbonyl (C=O) groups excluding carboxylic acids is 3. The number of carboxylic acids is 1. The molecule has 1 amide bonds. The van der Waals surface area contributed by atoms with E-state index in [4.69, 9.17) is 14.2 Å². The zero-order chi connectivity index (χ0) is 35.1. The van der Waals surface area contributed by atoms with E-state index < -0.39 is 18.2 Å². The maximum Gasteiger partial charge on any atom is 0.303 e. The first-order valence-corrected chi connectivity index (χ1v) is 18.5. The first kappa shape index (κ1) is 38.9. The van der Waals surface area contributed by atoms with E-state index in [-0.39, 0.29) is 102 Å². The number of amides is 1. The van der Waals surface area contributed by atoms with Gasteiger partial charge in [-0.1, -0.05) is 27.7 Å². The molecule has 0 saturated heterocycles. The molecule has 4 aliphatic carbocycles. The van der Waals surface area contributed by atoms with Crippen molar-refractivity contribution >= 4 is 23.4 Å². The number of rotatable bonds is 19. The third-order valence-corrected chi connectivity index (χ3v) is 13.0. The fourth-order valence-electron chi connectivity index (χ4n) is 10.2. The fourth-order valence-corrected chi connectivity index (χ4v) is 10.2. The molecule has 4 saturated carbocycles. The van der Waals surface area contributed by atoms with Crippen LogP contribution in [0, 0.1) is 46.3 Å². The van der Waals surface area contributed by atoms with Crippen molar-refractivity contribution in [1.29, 1.82) is 0 Å². The number of ketones is 2. The Labute approximate surface area is 286 Å². The van der Waals surface area contributed by atoms with Crippen molar-refractivity contribution in [3.05, 3.63) is 0 Å². The number of nitrogens with one attached hydrogen (secondary N) is 1. The second-order valence-electron chi connectivity index (χ2n) is 15.7. The zero-order valence-electron chi connectivity index (χ0n) is 29.6. The number of ether oxygens (including phenoxy) is 3. The maximum atomic E-state index is 12.6. The molecule has 11 atom stereocenters. The molecule has 0 radical (unpaired) electrons. The smallest absolute Gasteiger partial charge is 0.303 e. The van der Waals surface area contributed by atoms with Crippen molar-refractivity contribution in [3.63, 3.8) is 0 Å². The Hall–Kier alpha value is -1.92. The summed E-state index contributed by atoms with van der Waals surface area (Å²) < 4.78 is 16.7. The molecule has 11 nitrogen and oxygen atoms in total. The summed E-state index contributed by atoms with van der Waals surface area (Å²) in [4.78, 5) is 47.2. The molecule has 0 aromatic heterocycles. The van der Waals surface area contributed by atoms with Crippen LogP contribution in [-0.2, 0) is 33.4 Å². The van der Waals surface area contributed by atoms with Gasteiger partial charge >= 0.3 is 5.97 Å². The molecule has 11 heteroatoms. The van der Waals surface area contributed by atoms with Gasteiger partial charge in [0.1, 0.15) is 13.2 Å². The summed E-state index contributed by atoms with van der Waals surface area (Å²) in [6.45, 7) is 9.82. The molecule has 4 rings (SSSR count). The molecule has 48 heavy (non-hydrogen) atoms. The lowest BCUT2D eigenvalue weighted by atomic mass is 9.43. The van der Waals surface area contributed by atoms with E-state index in [9.17, 15) is 34.5 Å². The van der Waals surface area contributed by atoms with Crippen LogP contribution in [0.3, 0.4) is 0 Å². The number of fused-ring (bicyclic) bond motifs is 5. The standard InChI is InChI=1S/C37H61NO10/c1-5-25(39)21-47-17-16-46-15-14-38-33(43)10-7-26(40)22-48-27-12-13-36(3)24(18-27)19-31(41)35-29-9-8-28(23(2)6-11-34(44)45)37(29,4)32(42)20-30(35)36/h23-24,27-32,35,41-42H,5-22H2,1-4H3,(H,38,43)(H,44,45)/t23-,24+,27+,28-,29?,30+,31-,32+,35+,36+,37-/m1/s1. The SMILES string of the molecule is CCC(=O)COCCOCCNC(=O)CCC(=O)CO[C@H]1CC[C@@]2(C)[C@@H](C1)C[C@@H](O)[C@H]1C3CC[C@H]([C@H](C)CCC(=O)O)[C@@]3(C)[C@@H](O)C[C@@H]12. The van der Waals surface area contributed by atoms with Crippen LogP contribution < -0.4 is 5.32 Å². The zero-order valence-corrected chi connectivity index (χ0v) is 29.6. The van der Waals surface area contributed by atoms with Gasteiger partial charge in [0.15, 0.2) is 11.6 Å². The van der Waals surface area contributed by atoms with Crippen molar-refractivity contribution in [2.75, 3.05) is 39.6 Å². The lowest BCUT2D eigenvalue weighted by Gasteiger charge is -2.63. The highest BCUT2D eigenvalue weighted by molar-refractivity contribution is 5.85. The van der Waals surface area contributed by atoms with E-state index >= 15 is 0 Å². The molecular weight excluding hydrogens is 618 g/mol. The number of hydrogen-bond donors (Lipinski definition) is 4. The van der Waals surface area contributed by atoms with E-state index in [0.29, 0.717) is 52.0 Å². The lowest BCUT2D eigenvalue weighted by Crippen LogP contribution is -2.62. The minimum atomic E-state index is -0.779. The average Bonchev–Trinajstić information content (AvgIpc) is 3.41. The van der Waals surface area contributed by atoms with Gasteiger partial charge in [-0.2, -0.15) is 0 Å². The van der Waals surface area contributed by atoms with Crippen molar-refractivity contribution in [2.45, 2.75) is 123 Å². The number of carbonyl (C=O) groups is 4. The highest BCUT2D eigenvalue weighted by atomic mass is 16.5. The van der Waals surface area contributed by atoms with E-state index in [1.54, 1.807) is 6.92 Å². The Morgan fingerprint density at radius 2 is 1.62 bits per heavy atom. The molecule has 0 bridgehead atoms. The highest BCUT2D eigenvalue weighted by Gasteiger charge is 2.65. The number of hydrogen-bond acceptors (Lipinski definition) is 9. The summed E-state index contributed by atoms with van der Waals surface area (Å²) in [5.74, 6) is 0.189. The van der Waals surface area contributed by atoms with Gasteiger partial charge in [-0.05, 0) is 97.7 Å². The van der Waals surface area contributed by atoms with Gasteiger partial charge in [-0.25, -0.2) is 0 Å². The number of aliphatic hydroxyl groups excluding tert-OH is 2. The average molecular weight is 680 g/mol. The number of carboxylic acid groups (broad SMARTS) is 1. The summed E-state index contributed by atoms with van der Waals surface area (Å²) in [7, 11) is 0. The summed E-state index contributed by atoms with van der Waals surface area (Å²) in [6.07, 6.45) is 6.21. The number of Topliss-reactive ketones (excluding diaryl/α,β-unsaturated/α-hetero) is 2. The van der Waals surface area contributed by atoms with Crippen molar-refractivity contribution in [3.8, 4) is 0 Å². The van der Waals surface area contributed by atoms with Crippen LogP contribution in [0.15, 0.2) is 0 Å². The third kappa shape index (κ3) is 9.05. The van der Waals surface area contributed by atoms with Crippen LogP contribution in [0.25, 0.3) is 0 Å². The molecule has 0 heterocycles. The predicted octanol–water partition coefficient (Wildman–Crippen LogP) is 3.95. The van der Waals surface area contributed by atoms with Gasteiger partial charge in [-0.3, -0.25) is 19.2 Å². The van der Waals surface area contributed by atoms with Gasteiger partial charge in [0.05, 0.1) is 38.1 Å². The third-order valence-electron chi connectivity index (χ3n) is 13.0. The van der Waals surface area contributed by atoms with Crippen molar-refractivity contribution < 1.29 is 48.7 Å². The molecule has 0 aromatic carbocycles. The normalized spacial score (nSPS) is 36.4. The van der Waals surface area contributed by atoms with E-state index in [1.165, 1.54) is 0 Å². The van der Waals surface area contributed by atoms with Crippen molar-refractivity contribution in [1.82, 2.24) is 5.32 Å². The first-order chi connectivity index (χ1) is 22.8. The van der Waals surface area contributed by atoms with Gasteiger partial charge in [-0.15, -0.1) is 0 Å². The molecule has 0 aliphatic heterocycles. The largest absolute Gasteiger partial charge is 0.481 e. The highest BCUT2D eigenvalue weighted by Crippen LogP contribution is 2.68. The van der Waals surface area contributed by atoms with E-state index in [0.717, 1.165) is 32.1 Å². The van der Waals surface area contributed by atoms with Gasteiger partial charge < -0.3 is 34.8 Å². The maximum absolute atomic E-state index is 12.6. The molecule has 4 aliphatic rings. The molecule has 274 valence electrons. The molecule has 0 aromatic rings. The van der Waals surface area contributed by atoms with E-state index in [2.05, 4.69) is 26.1 Å². The Morgan fingerprint density at radius 1 is 0.875 bits per heavy atom. The quantitative estimate of drug-likeness (QED) is 0.147. The second kappa shape index (κ2) is 17.3. The number of aliphatic hydroxyl groups is 2. The Kier molecular flexibility index (Phi) is 14.0. The predicted molar refractivity (Wildman–Crippen MR) is 178 cm³/mol. The molecule has 4 fully saturated rings. The Balaban J connectivity index is 1.19. The summed E-state index contributed by atoms with van der Waals surface area (Å²) in [6, 6.07) is 0. The molecule has 1 unspecified atom stereocenters. The lowest BCUT2D eigenvalue weighted by molar-refractivity contribution is -0.209. The number of aliphatic carboxylic acids is 1.